The molecular weight excluding hydrogens is 280 g/mol. The Labute approximate surface area is 129 Å². The first-order valence-corrected chi connectivity index (χ1v) is 7.21. The predicted octanol–water partition coefficient (Wildman–Crippen LogP) is 2.82. The van der Waals surface area contributed by atoms with E-state index in [0.717, 1.165) is 22.8 Å². The molecule has 3 rings (SSSR count). The fraction of sp³-hybridized carbons (Fsp3) is 0.294. The van der Waals surface area contributed by atoms with E-state index in [2.05, 4.69) is 10.3 Å². The van der Waals surface area contributed by atoms with Crippen molar-refractivity contribution in [2.45, 2.75) is 33.7 Å². The maximum absolute atomic E-state index is 12.4. The maximum atomic E-state index is 12.4. The number of hydrogen-bond donors (Lipinski definition) is 1. The number of nitrogens with one attached hydrogen (secondary N) is 1. The summed E-state index contributed by atoms with van der Waals surface area (Å²) >= 11 is 0. The number of para-hydroxylation sites is 1. The van der Waals surface area contributed by atoms with E-state index in [-0.39, 0.29) is 12.5 Å². The number of benzene rings is 1. The Hall–Kier alpha value is -2.56. The summed E-state index contributed by atoms with van der Waals surface area (Å²) in [4.78, 5) is 16.6. The zero-order valence-corrected chi connectivity index (χ0v) is 12.9. The van der Waals surface area contributed by atoms with Gasteiger partial charge in [0.2, 0.25) is 5.89 Å². The second-order valence-corrected chi connectivity index (χ2v) is 5.35. The number of fused-ring (bicyclic) bond motifs is 1. The molecule has 0 atom stereocenters. The van der Waals surface area contributed by atoms with Crippen molar-refractivity contribution < 1.29 is 13.9 Å². The van der Waals surface area contributed by atoms with Crippen LogP contribution in [0, 0.1) is 13.8 Å². The zero-order valence-electron chi connectivity index (χ0n) is 12.9. The average molecular weight is 298 g/mol. The molecule has 1 aliphatic rings. The Morgan fingerprint density at radius 2 is 2.05 bits per heavy atom. The summed E-state index contributed by atoms with van der Waals surface area (Å²) < 4.78 is 11.2. The van der Waals surface area contributed by atoms with Gasteiger partial charge in [0.25, 0.3) is 5.91 Å². The van der Waals surface area contributed by atoms with Gasteiger partial charge in [0.15, 0.2) is 0 Å². The fourth-order valence-corrected chi connectivity index (χ4v) is 2.41. The van der Waals surface area contributed by atoms with E-state index in [1.54, 1.807) is 0 Å². The third-order valence-corrected chi connectivity index (χ3v) is 3.77. The molecule has 5 heteroatoms. The molecule has 0 saturated heterocycles. The van der Waals surface area contributed by atoms with Gasteiger partial charge in [-0.25, -0.2) is 4.98 Å². The van der Waals surface area contributed by atoms with Crippen molar-refractivity contribution in [2.75, 3.05) is 0 Å². The first kappa shape index (κ1) is 14.4. The van der Waals surface area contributed by atoms with E-state index < -0.39 is 0 Å². The minimum atomic E-state index is -0.152. The number of carbonyl (C=O) groups excluding carboxylic acids is 1. The minimum Gasteiger partial charge on any atom is -0.461 e. The number of carbonyl (C=O) groups is 1. The molecule has 2 heterocycles. The van der Waals surface area contributed by atoms with Crippen molar-refractivity contribution in [2.24, 2.45) is 0 Å². The number of aromatic nitrogens is 1. The fourth-order valence-electron chi connectivity index (χ4n) is 2.41. The Balaban J connectivity index is 1.70. The molecule has 0 aliphatic carbocycles. The van der Waals surface area contributed by atoms with E-state index >= 15 is 0 Å². The van der Waals surface area contributed by atoms with Gasteiger partial charge in [0.05, 0.1) is 17.8 Å². The Bertz CT molecular complexity index is 740. The molecule has 0 saturated carbocycles. The number of allylic oxidation sites excluding steroid dienone is 1. The molecule has 0 spiro atoms. The van der Waals surface area contributed by atoms with Crippen LogP contribution in [0.4, 0.5) is 0 Å². The van der Waals surface area contributed by atoms with Crippen molar-refractivity contribution in [3.63, 3.8) is 0 Å². The van der Waals surface area contributed by atoms with Crippen LogP contribution >= 0.6 is 0 Å². The number of nitrogens with zero attached hydrogens (tertiary/aromatic N) is 1. The summed E-state index contributed by atoms with van der Waals surface area (Å²) in [6.07, 6.45) is 0.567. The standard InChI is InChI=1S/C17H18N2O3/c1-10-11(2)22-16(19-10)9-18-17(20)14-8-13-6-4-5-7-15(13)21-12(14)3/h4-7H,8-9H2,1-3H3,(H,18,20). The lowest BCUT2D eigenvalue weighted by atomic mass is 10.00. The number of hydrogen-bond acceptors (Lipinski definition) is 4. The molecule has 22 heavy (non-hydrogen) atoms. The molecule has 0 unspecified atom stereocenters. The molecule has 1 aromatic heterocycles. The van der Waals surface area contributed by atoms with Gasteiger partial charge in [-0.3, -0.25) is 4.79 Å². The lowest BCUT2D eigenvalue weighted by Crippen LogP contribution is -2.28. The van der Waals surface area contributed by atoms with Crippen molar-refractivity contribution in [3.05, 3.63) is 58.5 Å². The van der Waals surface area contributed by atoms with Crippen LogP contribution in [0.25, 0.3) is 0 Å². The van der Waals surface area contributed by atoms with Crippen LogP contribution in [-0.4, -0.2) is 10.9 Å². The van der Waals surface area contributed by atoms with Gasteiger partial charge >= 0.3 is 0 Å². The molecule has 0 bridgehead atoms. The summed E-state index contributed by atoms with van der Waals surface area (Å²) in [7, 11) is 0. The normalized spacial score (nSPS) is 13.6. The summed E-state index contributed by atoms with van der Waals surface area (Å²) in [6.45, 7) is 5.81. The summed E-state index contributed by atoms with van der Waals surface area (Å²) in [5.41, 5.74) is 2.49. The molecule has 1 amide bonds. The van der Waals surface area contributed by atoms with Crippen LogP contribution in [0.15, 0.2) is 40.0 Å². The number of oxazole rings is 1. The van der Waals surface area contributed by atoms with E-state index in [1.165, 1.54) is 0 Å². The van der Waals surface area contributed by atoms with Gasteiger partial charge in [-0.2, -0.15) is 0 Å². The highest BCUT2D eigenvalue weighted by molar-refractivity contribution is 5.94. The Morgan fingerprint density at radius 3 is 2.77 bits per heavy atom. The van der Waals surface area contributed by atoms with Crippen LogP contribution in [0.1, 0.15) is 29.8 Å². The largest absolute Gasteiger partial charge is 0.461 e. The maximum Gasteiger partial charge on any atom is 0.251 e. The van der Waals surface area contributed by atoms with E-state index in [0.29, 0.717) is 23.6 Å². The van der Waals surface area contributed by atoms with Crippen molar-refractivity contribution in [1.82, 2.24) is 10.3 Å². The topological polar surface area (TPSA) is 64.4 Å². The van der Waals surface area contributed by atoms with Crippen molar-refractivity contribution >= 4 is 5.91 Å². The molecule has 1 N–H and O–H groups in total. The minimum absolute atomic E-state index is 0.152. The first-order valence-electron chi connectivity index (χ1n) is 7.21. The molecule has 0 radical (unpaired) electrons. The summed E-state index contributed by atoms with van der Waals surface area (Å²) in [5, 5.41) is 2.84. The highest BCUT2D eigenvalue weighted by Crippen LogP contribution is 2.29. The number of ether oxygens (including phenoxy) is 1. The molecule has 5 nitrogen and oxygen atoms in total. The molecule has 1 aromatic carbocycles. The van der Waals surface area contributed by atoms with E-state index in [9.17, 15) is 4.79 Å². The number of rotatable bonds is 3. The van der Waals surface area contributed by atoms with Gasteiger partial charge < -0.3 is 14.5 Å². The lowest BCUT2D eigenvalue weighted by Gasteiger charge is -2.20. The Morgan fingerprint density at radius 1 is 1.27 bits per heavy atom. The molecular formula is C17H18N2O3. The van der Waals surface area contributed by atoms with Crippen LogP contribution in [-0.2, 0) is 17.8 Å². The third kappa shape index (κ3) is 2.74. The zero-order chi connectivity index (χ0) is 15.7. The van der Waals surface area contributed by atoms with Gasteiger partial charge in [-0.15, -0.1) is 0 Å². The number of aryl methyl sites for hydroxylation is 2. The molecule has 2 aromatic rings. The molecule has 0 fully saturated rings. The monoisotopic (exact) mass is 298 g/mol. The quantitative estimate of drug-likeness (QED) is 0.946. The highest BCUT2D eigenvalue weighted by atomic mass is 16.5. The predicted molar refractivity (Wildman–Crippen MR) is 81.3 cm³/mol. The van der Waals surface area contributed by atoms with Crippen molar-refractivity contribution in [3.8, 4) is 5.75 Å². The van der Waals surface area contributed by atoms with Gasteiger partial charge in [-0.1, -0.05) is 18.2 Å². The van der Waals surface area contributed by atoms with Crippen LogP contribution in [0.3, 0.4) is 0 Å². The van der Waals surface area contributed by atoms with Gasteiger partial charge in [0.1, 0.15) is 17.3 Å². The van der Waals surface area contributed by atoms with Crippen LogP contribution in [0.2, 0.25) is 0 Å². The highest BCUT2D eigenvalue weighted by Gasteiger charge is 2.22. The first-order chi connectivity index (χ1) is 10.5. The average Bonchev–Trinajstić information content (AvgIpc) is 2.82. The second-order valence-electron chi connectivity index (χ2n) is 5.35. The molecule has 1 aliphatic heterocycles. The van der Waals surface area contributed by atoms with Gasteiger partial charge in [-0.05, 0) is 32.4 Å². The van der Waals surface area contributed by atoms with E-state index in [1.807, 2.05) is 45.0 Å². The summed E-state index contributed by atoms with van der Waals surface area (Å²) in [6, 6.07) is 7.74. The third-order valence-electron chi connectivity index (χ3n) is 3.77. The van der Waals surface area contributed by atoms with E-state index in [4.69, 9.17) is 9.15 Å². The Kier molecular flexibility index (Phi) is 3.71. The SMILES string of the molecule is CC1=C(C(=O)NCc2nc(C)c(C)o2)Cc2ccccc2O1. The van der Waals surface area contributed by atoms with Crippen molar-refractivity contribution in [1.29, 1.82) is 0 Å². The second kappa shape index (κ2) is 5.67. The lowest BCUT2D eigenvalue weighted by molar-refractivity contribution is -0.118. The van der Waals surface area contributed by atoms with Crippen LogP contribution < -0.4 is 10.1 Å². The summed E-state index contributed by atoms with van der Waals surface area (Å²) in [5.74, 6) is 2.58. The van der Waals surface area contributed by atoms with Gasteiger partial charge in [0, 0.05) is 6.42 Å². The smallest absolute Gasteiger partial charge is 0.251 e. The number of amides is 1. The van der Waals surface area contributed by atoms with Crippen LogP contribution in [0.5, 0.6) is 5.75 Å². The molecule has 114 valence electrons.